The Bertz CT molecular complexity index is 1700. The summed E-state index contributed by atoms with van der Waals surface area (Å²) in [7, 11) is 0. The Morgan fingerprint density at radius 1 is 0.274 bits per heavy atom. The SMILES string of the molecule is CC/C=C\C/C=C\C/C=C\C/C=C\C/C=C\C/C=C\CCCCCCCCCCCCC(=O)OC(CO)COC(=O)CCCCCCCCCCCCCCCCCCCCCCCCCCC/C=C\C/C=C\C/C=C\C/C=C\C/C=C\CC. The summed E-state index contributed by atoms with van der Waals surface area (Å²) in [5.41, 5.74) is 0. The number of allylic oxidation sites excluding steroid dienone is 22. The van der Waals surface area contributed by atoms with E-state index in [1.807, 2.05) is 0 Å². The van der Waals surface area contributed by atoms with Gasteiger partial charge in [-0.15, -0.1) is 0 Å². The van der Waals surface area contributed by atoms with Gasteiger partial charge in [0.2, 0.25) is 0 Å². The molecule has 0 aromatic rings. The zero-order chi connectivity index (χ0) is 60.5. The molecule has 0 bridgehead atoms. The fourth-order valence-electron chi connectivity index (χ4n) is 10.2. The van der Waals surface area contributed by atoms with Gasteiger partial charge < -0.3 is 14.6 Å². The van der Waals surface area contributed by atoms with Crippen molar-refractivity contribution < 1.29 is 24.2 Å². The first-order valence-corrected chi connectivity index (χ1v) is 35.7. The van der Waals surface area contributed by atoms with Gasteiger partial charge in [-0.2, -0.15) is 0 Å². The lowest BCUT2D eigenvalue weighted by Gasteiger charge is -2.15. The van der Waals surface area contributed by atoms with Crippen molar-refractivity contribution in [2.45, 2.75) is 341 Å². The molecular formula is C79H134O5. The summed E-state index contributed by atoms with van der Waals surface area (Å²) in [5.74, 6) is -0.587. The minimum absolute atomic E-state index is 0.0698. The molecule has 1 atom stereocenters. The Morgan fingerprint density at radius 2 is 0.476 bits per heavy atom. The molecule has 0 aliphatic rings. The summed E-state index contributed by atoms with van der Waals surface area (Å²) < 4.78 is 10.8. The van der Waals surface area contributed by atoms with Gasteiger partial charge in [-0.1, -0.05) is 347 Å². The molecule has 0 heterocycles. The Morgan fingerprint density at radius 3 is 0.714 bits per heavy atom. The number of ether oxygens (including phenoxy) is 2. The topological polar surface area (TPSA) is 72.8 Å². The van der Waals surface area contributed by atoms with Crippen molar-refractivity contribution >= 4 is 11.9 Å². The number of carbonyl (C=O) groups is 2. The van der Waals surface area contributed by atoms with Crippen molar-refractivity contribution in [2.75, 3.05) is 13.2 Å². The van der Waals surface area contributed by atoms with Gasteiger partial charge in [-0.05, 0) is 109 Å². The van der Waals surface area contributed by atoms with Crippen molar-refractivity contribution in [1.82, 2.24) is 0 Å². The lowest BCUT2D eigenvalue weighted by molar-refractivity contribution is -0.161. The Balaban J connectivity index is 3.45. The number of hydrogen-bond acceptors (Lipinski definition) is 5. The van der Waals surface area contributed by atoms with Crippen LogP contribution in [0.2, 0.25) is 0 Å². The van der Waals surface area contributed by atoms with E-state index >= 15 is 0 Å². The van der Waals surface area contributed by atoms with Gasteiger partial charge >= 0.3 is 11.9 Å². The highest BCUT2D eigenvalue weighted by atomic mass is 16.6. The normalized spacial score (nSPS) is 13.0. The molecule has 480 valence electrons. The molecule has 0 aromatic heterocycles. The smallest absolute Gasteiger partial charge is 0.306 e. The Labute approximate surface area is 521 Å². The van der Waals surface area contributed by atoms with Gasteiger partial charge in [-0.25, -0.2) is 0 Å². The lowest BCUT2D eigenvalue weighted by Crippen LogP contribution is -2.28. The molecule has 0 fully saturated rings. The molecule has 0 saturated heterocycles. The van der Waals surface area contributed by atoms with Crippen LogP contribution in [0.4, 0.5) is 0 Å². The molecular weight excluding hydrogens is 1030 g/mol. The largest absolute Gasteiger partial charge is 0.462 e. The average Bonchev–Trinajstić information content (AvgIpc) is 3.51. The number of unbranched alkanes of at least 4 members (excludes halogenated alkanes) is 35. The third-order valence-electron chi connectivity index (χ3n) is 15.4. The van der Waals surface area contributed by atoms with Crippen LogP contribution >= 0.6 is 0 Å². The molecule has 0 radical (unpaired) electrons. The zero-order valence-electron chi connectivity index (χ0n) is 55.1. The standard InChI is InChI=1S/C79H134O5/c1-3-5-7-9-11-13-15-17-19-21-23-25-27-29-31-33-34-35-36-37-38-39-40-41-42-43-44-46-47-49-51-53-55-57-59-61-63-65-67-69-71-73-78(81)83-76-77(75-80)84-79(82)74-72-70-68-66-64-62-60-58-56-54-52-50-48-45-32-30-28-26-24-22-20-18-16-14-12-10-8-6-4-2/h5-8,11-14,17-20,23-26,29-32,48,50,77,80H,3-4,9-10,15-16,21-22,27-28,33-47,49,51-76H2,1-2H3/b7-5-,8-6-,13-11-,14-12-,19-17-,20-18-,25-23-,26-24-,31-29-,32-30-,50-48-. The second-order valence-corrected chi connectivity index (χ2v) is 23.6. The maximum Gasteiger partial charge on any atom is 0.306 e. The molecule has 0 saturated carbocycles. The van der Waals surface area contributed by atoms with Crippen molar-refractivity contribution in [1.29, 1.82) is 0 Å². The van der Waals surface area contributed by atoms with Crippen LogP contribution in [0.5, 0.6) is 0 Å². The zero-order valence-corrected chi connectivity index (χ0v) is 55.1. The molecule has 0 aromatic carbocycles. The van der Waals surface area contributed by atoms with E-state index in [4.69, 9.17) is 9.47 Å². The van der Waals surface area contributed by atoms with Crippen LogP contribution < -0.4 is 0 Å². The highest BCUT2D eigenvalue weighted by Crippen LogP contribution is 2.18. The van der Waals surface area contributed by atoms with Crippen molar-refractivity contribution in [3.05, 3.63) is 134 Å². The van der Waals surface area contributed by atoms with E-state index in [2.05, 4.69) is 148 Å². The van der Waals surface area contributed by atoms with Gasteiger partial charge in [0.15, 0.2) is 6.10 Å². The molecule has 0 aliphatic carbocycles. The highest BCUT2D eigenvalue weighted by Gasteiger charge is 2.16. The van der Waals surface area contributed by atoms with E-state index in [1.54, 1.807) is 0 Å². The van der Waals surface area contributed by atoms with Crippen molar-refractivity contribution in [3.63, 3.8) is 0 Å². The summed E-state index contributed by atoms with van der Waals surface area (Å²) in [5, 5.41) is 9.71. The number of aliphatic hydroxyl groups is 1. The quantitative estimate of drug-likeness (QED) is 0.0373. The molecule has 5 heteroatoms. The molecule has 0 spiro atoms. The molecule has 1 unspecified atom stereocenters. The van der Waals surface area contributed by atoms with Crippen LogP contribution in [0.25, 0.3) is 0 Å². The van der Waals surface area contributed by atoms with E-state index in [9.17, 15) is 14.7 Å². The number of esters is 2. The van der Waals surface area contributed by atoms with Crippen LogP contribution in [0.15, 0.2) is 134 Å². The Hall–Kier alpha value is -3.96. The van der Waals surface area contributed by atoms with E-state index in [0.29, 0.717) is 12.8 Å². The first kappa shape index (κ1) is 80.0. The Kier molecular flexibility index (Phi) is 69.8. The van der Waals surface area contributed by atoms with E-state index in [0.717, 1.165) is 109 Å². The van der Waals surface area contributed by atoms with Crippen molar-refractivity contribution in [3.8, 4) is 0 Å². The lowest BCUT2D eigenvalue weighted by atomic mass is 10.0. The number of aliphatic hydroxyl groups excluding tert-OH is 1. The van der Waals surface area contributed by atoms with Crippen LogP contribution in [0, 0.1) is 0 Å². The molecule has 84 heavy (non-hydrogen) atoms. The van der Waals surface area contributed by atoms with Gasteiger partial charge in [0, 0.05) is 12.8 Å². The highest BCUT2D eigenvalue weighted by molar-refractivity contribution is 5.70. The van der Waals surface area contributed by atoms with Crippen LogP contribution in [-0.2, 0) is 19.1 Å². The van der Waals surface area contributed by atoms with E-state index in [-0.39, 0.29) is 25.2 Å². The van der Waals surface area contributed by atoms with Crippen LogP contribution in [0.3, 0.4) is 0 Å². The minimum Gasteiger partial charge on any atom is -0.462 e. The second-order valence-electron chi connectivity index (χ2n) is 23.6. The maximum absolute atomic E-state index is 12.4. The van der Waals surface area contributed by atoms with Gasteiger partial charge in [0.25, 0.3) is 0 Å². The molecule has 0 amide bonds. The number of carbonyl (C=O) groups excluding carboxylic acids is 2. The van der Waals surface area contributed by atoms with Crippen LogP contribution in [-0.4, -0.2) is 36.4 Å². The summed E-state index contributed by atoms with van der Waals surface area (Å²) in [6, 6.07) is 0. The summed E-state index contributed by atoms with van der Waals surface area (Å²) in [4.78, 5) is 24.7. The fourth-order valence-corrected chi connectivity index (χ4v) is 10.2. The summed E-state index contributed by atoms with van der Waals surface area (Å²) >= 11 is 0. The predicted octanol–water partition coefficient (Wildman–Crippen LogP) is 25.1. The fraction of sp³-hybridized carbons (Fsp3) is 0.696. The molecule has 1 N–H and O–H groups in total. The summed E-state index contributed by atoms with van der Waals surface area (Å²) in [6.07, 6.45) is 109. The minimum atomic E-state index is -0.782. The van der Waals surface area contributed by atoms with Crippen molar-refractivity contribution in [2.24, 2.45) is 0 Å². The van der Waals surface area contributed by atoms with E-state index < -0.39 is 6.10 Å². The first-order valence-electron chi connectivity index (χ1n) is 35.7. The van der Waals surface area contributed by atoms with E-state index in [1.165, 1.54) is 199 Å². The van der Waals surface area contributed by atoms with Gasteiger partial charge in [0.1, 0.15) is 6.61 Å². The summed E-state index contributed by atoms with van der Waals surface area (Å²) in [6.45, 7) is 3.93. The molecule has 5 nitrogen and oxygen atoms in total. The second kappa shape index (κ2) is 73.3. The third-order valence-corrected chi connectivity index (χ3v) is 15.4. The predicted molar refractivity (Wildman–Crippen MR) is 371 cm³/mol. The van der Waals surface area contributed by atoms with Gasteiger partial charge in [-0.3, -0.25) is 9.59 Å². The molecule has 0 rings (SSSR count). The number of rotatable bonds is 65. The van der Waals surface area contributed by atoms with Crippen LogP contribution in [0.1, 0.15) is 335 Å². The third kappa shape index (κ3) is 70.5. The average molecular weight is 1160 g/mol. The molecule has 0 aliphatic heterocycles. The monoisotopic (exact) mass is 1160 g/mol. The number of hydrogen-bond donors (Lipinski definition) is 1. The first-order chi connectivity index (χ1) is 41.6. The maximum atomic E-state index is 12.4. The van der Waals surface area contributed by atoms with Gasteiger partial charge in [0.05, 0.1) is 6.61 Å².